The van der Waals surface area contributed by atoms with Crippen LogP contribution in [0.4, 0.5) is 9.52 Å². The summed E-state index contributed by atoms with van der Waals surface area (Å²) in [6.45, 7) is 0. The second-order valence-corrected chi connectivity index (χ2v) is 5.53. The molecule has 6 heteroatoms. The number of ether oxygens (including phenoxy) is 1. The second-order valence-electron chi connectivity index (χ2n) is 4.67. The van der Waals surface area contributed by atoms with E-state index in [1.807, 2.05) is 35.7 Å². The zero-order valence-corrected chi connectivity index (χ0v) is 13.2. The Morgan fingerprint density at radius 2 is 2.04 bits per heavy atom. The number of thiazole rings is 1. The van der Waals surface area contributed by atoms with Crippen molar-refractivity contribution in [1.29, 1.82) is 0 Å². The Hall–Kier alpha value is -2.73. The number of rotatable bonds is 5. The van der Waals surface area contributed by atoms with Crippen LogP contribution in [0.15, 0.2) is 59.0 Å². The lowest BCUT2D eigenvalue weighted by Gasteiger charge is -2.01. The normalized spacial score (nSPS) is 10.9. The number of hydrogen-bond donors (Lipinski definition) is 1. The summed E-state index contributed by atoms with van der Waals surface area (Å²) >= 11 is 1.46. The van der Waals surface area contributed by atoms with Crippen LogP contribution in [-0.2, 0) is 0 Å². The van der Waals surface area contributed by atoms with Gasteiger partial charge in [-0.25, -0.2) is 9.37 Å². The van der Waals surface area contributed by atoms with Crippen LogP contribution >= 0.6 is 11.3 Å². The summed E-state index contributed by atoms with van der Waals surface area (Å²) in [5.41, 5.74) is 5.44. The zero-order chi connectivity index (χ0) is 16.1. The molecule has 0 bridgehead atoms. The van der Waals surface area contributed by atoms with Crippen LogP contribution in [-0.4, -0.2) is 18.3 Å². The molecule has 0 amide bonds. The summed E-state index contributed by atoms with van der Waals surface area (Å²) in [4.78, 5) is 4.46. The van der Waals surface area contributed by atoms with E-state index in [1.54, 1.807) is 12.1 Å². The van der Waals surface area contributed by atoms with Crippen molar-refractivity contribution in [2.45, 2.75) is 0 Å². The molecule has 1 heterocycles. The van der Waals surface area contributed by atoms with Gasteiger partial charge in [0.2, 0.25) is 5.13 Å². The van der Waals surface area contributed by atoms with E-state index < -0.39 is 5.82 Å². The van der Waals surface area contributed by atoms with Gasteiger partial charge in [-0.1, -0.05) is 30.3 Å². The van der Waals surface area contributed by atoms with Gasteiger partial charge in [0.1, 0.15) is 0 Å². The highest BCUT2D eigenvalue weighted by Crippen LogP contribution is 2.24. The first kappa shape index (κ1) is 15.2. The molecule has 0 aliphatic carbocycles. The minimum Gasteiger partial charge on any atom is -0.494 e. The molecule has 116 valence electrons. The maximum atomic E-state index is 13.6. The van der Waals surface area contributed by atoms with E-state index in [0.717, 1.165) is 11.3 Å². The maximum absolute atomic E-state index is 13.6. The van der Waals surface area contributed by atoms with Crippen LogP contribution in [0.25, 0.3) is 11.3 Å². The molecule has 0 aliphatic rings. The molecule has 3 aromatic rings. The number of hydrazone groups is 1. The van der Waals surface area contributed by atoms with Gasteiger partial charge in [0.15, 0.2) is 11.6 Å². The van der Waals surface area contributed by atoms with Crippen molar-refractivity contribution in [3.05, 3.63) is 65.3 Å². The highest BCUT2D eigenvalue weighted by molar-refractivity contribution is 7.14. The second kappa shape index (κ2) is 7.02. The monoisotopic (exact) mass is 327 g/mol. The quantitative estimate of drug-likeness (QED) is 0.558. The van der Waals surface area contributed by atoms with Crippen LogP contribution in [0.1, 0.15) is 5.56 Å². The molecule has 1 N–H and O–H groups in total. The van der Waals surface area contributed by atoms with Crippen LogP contribution in [0.3, 0.4) is 0 Å². The first-order valence-electron chi connectivity index (χ1n) is 6.90. The Morgan fingerprint density at radius 1 is 1.22 bits per heavy atom. The fourth-order valence-electron chi connectivity index (χ4n) is 1.99. The Balaban J connectivity index is 1.67. The van der Waals surface area contributed by atoms with E-state index in [-0.39, 0.29) is 5.75 Å². The molecule has 2 aromatic carbocycles. The number of aromatic nitrogens is 1. The van der Waals surface area contributed by atoms with Crippen molar-refractivity contribution in [2.24, 2.45) is 5.10 Å². The molecule has 1 aromatic heterocycles. The summed E-state index contributed by atoms with van der Waals surface area (Å²) in [5, 5.41) is 6.71. The summed E-state index contributed by atoms with van der Waals surface area (Å²) in [7, 11) is 1.43. The third-order valence-electron chi connectivity index (χ3n) is 3.12. The predicted octanol–water partition coefficient (Wildman–Crippen LogP) is 4.40. The molecule has 4 nitrogen and oxygen atoms in total. The first-order chi connectivity index (χ1) is 11.3. The van der Waals surface area contributed by atoms with Gasteiger partial charge in [-0.3, -0.25) is 5.43 Å². The number of nitrogens with zero attached hydrogens (tertiary/aromatic N) is 2. The topological polar surface area (TPSA) is 46.5 Å². The smallest absolute Gasteiger partial charge is 0.203 e. The molecule has 0 atom stereocenters. The molecular weight excluding hydrogens is 313 g/mol. The van der Waals surface area contributed by atoms with Gasteiger partial charge >= 0.3 is 0 Å². The molecule has 0 saturated carbocycles. The van der Waals surface area contributed by atoms with Gasteiger partial charge in [0, 0.05) is 10.9 Å². The molecule has 0 radical (unpaired) electrons. The summed E-state index contributed by atoms with van der Waals surface area (Å²) in [5.74, 6) is -0.209. The molecule has 23 heavy (non-hydrogen) atoms. The minimum atomic E-state index is -0.419. The lowest BCUT2D eigenvalue weighted by Crippen LogP contribution is -1.93. The number of methoxy groups -OCH3 is 1. The van der Waals surface area contributed by atoms with E-state index in [9.17, 15) is 4.39 Å². The highest BCUT2D eigenvalue weighted by Gasteiger charge is 2.04. The van der Waals surface area contributed by atoms with Crippen molar-refractivity contribution in [2.75, 3.05) is 12.5 Å². The fourth-order valence-corrected chi connectivity index (χ4v) is 2.66. The molecule has 0 aliphatic heterocycles. The summed E-state index contributed by atoms with van der Waals surface area (Å²) in [6.07, 6.45) is 1.53. The molecular formula is C17H14FN3OS. The van der Waals surface area contributed by atoms with Crippen molar-refractivity contribution in [3.63, 3.8) is 0 Å². The van der Waals surface area contributed by atoms with Gasteiger partial charge in [0.05, 0.1) is 19.0 Å². The van der Waals surface area contributed by atoms with E-state index in [0.29, 0.717) is 10.7 Å². The fraction of sp³-hybridized carbons (Fsp3) is 0.0588. The molecule has 0 fully saturated rings. The van der Waals surface area contributed by atoms with Gasteiger partial charge in [0.25, 0.3) is 0 Å². The van der Waals surface area contributed by atoms with Gasteiger partial charge in [-0.2, -0.15) is 5.10 Å². The third kappa shape index (κ3) is 3.73. The third-order valence-corrected chi connectivity index (χ3v) is 3.87. The van der Waals surface area contributed by atoms with Crippen LogP contribution in [0.5, 0.6) is 5.75 Å². The lowest BCUT2D eigenvalue weighted by atomic mass is 10.2. The van der Waals surface area contributed by atoms with Crippen LogP contribution < -0.4 is 10.2 Å². The number of halogens is 1. The van der Waals surface area contributed by atoms with E-state index in [2.05, 4.69) is 15.5 Å². The van der Waals surface area contributed by atoms with Crippen LogP contribution in [0, 0.1) is 5.82 Å². The Kier molecular flexibility index (Phi) is 4.63. The maximum Gasteiger partial charge on any atom is 0.203 e. The Labute approximate surface area is 137 Å². The Bertz CT molecular complexity index is 818. The van der Waals surface area contributed by atoms with E-state index in [1.165, 1.54) is 30.7 Å². The van der Waals surface area contributed by atoms with Crippen LogP contribution in [0.2, 0.25) is 0 Å². The van der Waals surface area contributed by atoms with Crippen molar-refractivity contribution < 1.29 is 9.13 Å². The first-order valence-corrected chi connectivity index (χ1v) is 7.78. The van der Waals surface area contributed by atoms with Crippen molar-refractivity contribution >= 4 is 22.7 Å². The SMILES string of the molecule is COc1ccc(C=NNc2nc(-c3ccccc3)cs2)cc1F. The summed E-state index contributed by atoms with van der Waals surface area (Å²) < 4.78 is 18.4. The van der Waals surface area contributed by atoms with Crippen molar-refractivity contribution in [3.8, 4) is 17.0 Å². The number of hydrogen-bond acceptors (Lipinski definition) is 5. The van der Waals surface area contributed by atoms with Crippen molar-refractivity contribution in [1.82, 2.24) is 4.98 Å². The number of anilines is 1. The largest absolute Gasteiger partial charge is 0.494 e. The molecule has 3 rings (SSSR count). The Morgan fingerprint density at radius 3 is 2.78 bits per heavy atom. The zero-order valence-electron chi connectivity index (χ0n) is 12.4. The average molecular weight is 327 g/mol. The molecule has 0 spiro atoms. The minimum absolute atomic E-state index is 0.211. The number of nitrogens with one attached hydrogen (secondary N) is 1. The lowest BCUT2D eigenvalue weighted by molar-refractivity contribution is 0.386. The molecule has 0 unspecified atom stereocenters. The summed E-state index contributed by atoms with van der Waals surface area (Å²) in [6, 6.07) is 14.6. The standard InChI is InChI=1S/C17H14FN3OS/c1-22-16-8-7-12(9-14(16)18)10-19-21-17-20-15(11-23-17)13-5-3-2-4-6-13/h2-11H,1H3,(H,20,21). The highest BCUT2D eigenvalue weighted by atomic mass is 32.1. The van der Waals surface area contributed by atoms with Gasteiger partial charge < -0.3 is 4.74 Å². The van der Waals surface area contributed by atoms with E-state index in [4.69, 9.17) is 4.74 Å². The van der Waals surface area contributed by atoms with E-state index >= 15 is 0 Å². The van der Waals surface area contributed by atoms with Gasteiger partial charge in [-0.05, 0) is 23.8 Å². The predicted molar refractivity (Wildman–Crippen MR) is 91.7 cm³/mol. The molecule has 0 saturated heterocycles. The number of benzene rings is 2. The van der Waals surface area contributed by atoms with Gasteiger partial charge in [-0.15, -0.1) is 11.3 Å². The average Bonchev–Trinajstić information content (AvgIpc) is 3.05.